The Morgan fingerprint density at radius 2 is 1.58 bits per heavy atom. The fourth-order valence-electron chi connectivity index (χ4n) is 1.59. The summed E-state index contributed by atoms with van der Waals surface area (Å²) in [5, 5.41) is 0. The normalized spacial score (nSPS) is 12.2. The molecule has 1 aromatic carbocycles. The molecule has 4 nitrogen and oxygen atoms in total. The van der Waals surface area contributed by atoms with Crippen molar-refractivity contribution in [2.45, 2.75) is 20.8 Å². The highest BCUT2D eigenvalue weighted by molar-refractivity contribution is 8.13. The number of benzene rings is 1. The van der Waals surface area contributed by atoms with Crippen molar-refractivity contribution in [2.24, 2.45) is 5.41 Å². The lowest BCUT2D eigenvalue weighted by molar-refractivity contribution is 0.200. The molecule has 108 valence electrons. The van der Waals surface area contributed by atoms with E-state index in [2.05, 4.69) is 0 Å². The monoisotopic (exact) mass is 306 g/mol. The zero-order valence-corrected chi connectivity index (χ0v) is 12.9. The van der Waals surface area contributed by atoms with Gasteiger partial charge in [-0.3, -0.25) is 0 Å². The van der Waals surface area contributed by atoms with Crippen molar-refractivity contribution in [3.8, 4) is 11.5 Å². The van der Waals surface area contributed by atoms with Gasteiger partial charge in [0, 0.05) is 16.1 Å². The summed E-state index contributed by atoms with van der Waals surface area (Å²) in [4.78, 5) is 0. The number of halogens is 1. The Labute approximate surface area is 119 Å². The minimum absolute atomic E-state index is 0.126. The van der Waals surface area contributed by atoms with E-state index in [1.165, 1.54) is 0 Å². The van der Waals surface area contributed by atoms with Crippen molar-refractivity contribution < 1.29 is 17.9 Å². The summed E-state index contributed by atoms with van der Waals surface area (Å²) in [6.07, 6.45) is 0. The lowest BCUT2D eigenvalue weighted by Crippen LogP contribution is -2.28. The molecule has 0 aliphatic rings. The first-order valence-corrected chi connectivity index (χ1v) is 8.48. The highest BCUT2D eigenvalue weighted by atomic mass is 35.7. The van der Waals surface area contributed by atoms with Crippen LogP contribution in [0.4, 0.5) is 0 Å². The van der Waals surface area contributed by atoms with E-state index in [-0.39, 0.29) is 12.4 Å². The summed E-state index contributed by atoms with van der Waals surface area (Å²) in [5.41, 5.74) is -0.542. The average Bonchev–Trinajstić information content (AvgIpc) is 2.25. The SMILES string of the molecule is CCOc1ccc(OCC(C)(C)CS(=O)(=O)Cl)cc1. The van der Waals surface area contributed by atoms with Gasteiger partial charge in [0.1, 0.15) is 11.5 Å². The summed E-state index contributed by atoms with van der Waals surface area (Å²) < 4.78 is 33.0. The lowest BCUT2D eigenvalue weighted by Gasteiger charge is -2.23. The van der Waals surface area contributed by atoms with Crippen molar-refractivity contribution in [3.05, 3.63) is 24.3 Å². The Hall–Kier alpha value is -0.940. The van der Waals surface area contributed by atoms with Gasteiger partial charge in [-0.2, -0.15) is 0 Å². The maximum atomic E-state index is 11.1. The number of hydrogen-bond acceptors (Lipinski definition) is 4. The van der Waals surface area contributed by atoms with E-state index in [4.69, 9.17) is 20.2 Å². The topological polar surface area (TPSA) is 52.6 Å². The molecule has 0 aliphatic heterocycles. The van der Waals surface area contributed by atoms with Crippen molar-refractivity contribution >= 4 is 19.7 Å². The van der Waals surface area contributed by atoms with E-state index in [1.54, 1.807) is 26.0 Å². The van der Waals surface area contributed by atoms with Gasteiger partial charge in [-0.15, -0.1) is 0 Å². The predicted octanol–water partition coefficient (Wildman–Crippen LogP) is 3.06. The van der Waals surface area contributed by atoms with Crippen LogP contribution in [0.5, 0.6) is 11.5 Å². The Morgan fingerprint density at radius 1 is 1.11 bits per heavy atom. The molecular formula is C13H19ClO4S. The minimum atomic E-state index is -3.53. The third kappa shape index (κ3) is 6.68. The molecule has 0 N–H and O–H groups in total. The Kier molecular flexibility index (Phi) is 5.50. The summed E-state index contributed by atoms with van der Waals surface area (Å²) in [6.45, 7) is 6.39. The minimum Gasteiger partial charge on any atom is -0.494 e. The van der Waals surface area contributed by atoms with Crippen LogP contribution < -0.4 is 9.47 Å². The third-order valence-electron chi connectivity index (χ3n) is 2.33. The van der Waals surface area contributed by atoms with Crippen LogP contribution in [0.15, 0.2) is 24.3 Å². The van der Waals surface area contributed by atoms with Gasteiger partial charge >= 0.3 is 0 Å². The Bertz CT molecular complexity index is 494. The van der Waals surface area contributed by atoms with Gasteiger partial charge in [-0.05, 0) is 31.2 Å². The molecule has 0 aliphatic carbocycles. The van der Waals surface area contributed by atoms with Gasteiger partial charge in [0.2, 0.25) is 9.05 Å². The van der Waals surface area contributed by atoms with Crippen LogP contribution in [0.1, 0.15) is 20.8 Å². The van der Waals surface area contributed by atoms with Crippen LogP contribution in [0, 0.1) is 5.41 Å². The highest BCUT2D eigenvalue weighted by Gasteiger charge is 2.25. The molecule has 1 aromatic rings. The smallest absolute Gasteiger partial charge is 0.233 e. The van der Waals surface area contributed by atoms with Crippen LogP contribution >= 0.6 is 10.7 Å². The molecule has 0 radical (unpaired) electrons. The second-order valence-electron chi connectivity index (χ2n) is 5.04. The highest BCUT2D eigenvalue weighted by Crippen LogP contribution is 2.23. The zero-order chi connectivity index (χ0) is 14.5. The Balaban J connectivity index is 2.56. The maximum Gasteiger partial charge on any atom is 0.233 e. The summed E-state index contributed by atoms with van der Waals surface area (Å²) in [7, 11) is 1.73. The molecule has 0 spiro atoms. The molecular weight excluding hydrogens is 288 g/mol. The summed E-state index contributed by atoms with van der Waals surface area (Å²) in [6, 6.07) is 7.20. The quantitative estimate of drug-likeness (QED) is 0.727. The summed E-state index contributed by atoms with van der Waals surface area (Å²) in [5.74, 6) is 1.32. The average molecular weight is 307 g/mol. The van der Waals surface area contributed by atoms with E-state index in [1.807, 2.05) is 19.1 Å². The number of rotatable bonds is 7. The third-order valence-corrected chi connectivity index (χ3v) is 3.78. The van der Waals surface area contributed by atoms with Crippen molar-refractivity contribution in [1.29, 1.82) is 0 Å². The molecule has 0 heterocycles. The van der Waals surface area contributed by atoms with Gasteiger partial charge in [0.15, 0.2) is 0 Å². The number of hydrogen-bond donors (Lipinski definition) is 0. The van der Waals surface area contributed by atoms with Crippen molar-refractivity contribution in [1.82, 2.24) is 0 Å². The van der Waals surface area contributed by atoms with Crippen molar-refractivity contribution in [2.75, 3.05) is 19.0 Å². The first-order chi connectivity index (χ1) is 8.72. The van der Waals surface area contributed by atoms with Gasteiger partial charge in [0.25, 0.3) is 0 Å². The molecule has 19 heavy (non-hydrogen) atoms. The maximum absolute atomic E-state index is 11.1. The van der Waals surface area contributed by atoms with Crippen LogP contribution in [0.3, 0.4) is 0 Å². The molecule has 0 unspecified atom stereocenters. The molecule has 0 fully saturated rings. The lowest BCUT2D eigenvalue weighted by atomic mass is 9.98. The van der Waals surface area contributed by atoms with Crippen LogP contribution in [0.2, 0.25) is 0 Å². The standard InChI is InChI=1S/C13H19ClO4S/c1-4-17-11-5-7-12(8-6-11)18-9-13(2,3)10-19(14,15)16/h5-8H,4,9-10H2,1-3H3. The molecule has 0 bridgehead atoms. The van der Waals surface area contributed by atoms with E-state index >= 15 is 0 Å². The molecule has 1 rings (SSSR count). The van der Waals surface area contributed by atoms with E-state index < -0.39 is 14.5 Å². The second kappa shape index (κ2) is 6.48. The first-order valence-electron chi connectivity index (χ1n) is 6.00. The zero-order valence-electron chi connectivity index (χ0n) is 11.3. The van der Waals surface area contributed by atoms with E-state index in [0.29, 0.717) is 12.4 Å². The molecule has 0 saturated heterocycles. The van der Waals surface area contributed by atoms with Gasteiger partial charge in [0.05, 0.1) is 19.0 Å². The number of ether oxygens (including phenoxy) is 2. The molecule has 0 amide bonds. The second-order valence-corrected chi connectivity index (χ2v) is 7.82. The molecule has 6 heteroatoms. The Morgan fingerprint density at radius 3 is 2.00 bits per heavy atom. The van der Waals surface area contributed by atoms with Gasteiger partial charge in [-0.1, -0.05) is 13.8 Å². The first kappa shape index (κ1) is 16.1. The fraction of sp³-hybridized carbons (Fsp3) is 0.538. The van der Waals surface area contributed by atoms with Gasteiger partial charge < -0.3 is 9.47 Å². The van der Waals surface area contributed by atoms with E-state index in [9.17, 15) is 8.42 Å². The van der Waals surface area contributed by atoms with E-state index in [0.717, 1.165) is 5.75 Å². The van der Waals surface area contributed by atoms with Crippen LogP contribution in [0.25, 0.3) is 0 Å². The van der Waals surface area contributed by atoms with Crippen LogP contribution in [-0.2, 0) is 9.05 Å². The molecule has 0 atom stereocenters. The molecule has 0 aromatic heterocycles. The van der Waals surface area contributed by atoms with Crippen molar-refractivity contribution in [3.63, 3.8) is 0 Å². The summed E-state index contributed by atoms with van der Waals surface area (Å²) >= 11 is 0. The van der Waals surface area contributed by atoms with Crippen LogP contribution in [-0.4, -0.2) is 27.4 Å². The largest absolute Gasteiger partial charge is 0.494 e. The fourth-order valence-corrected chi connectivity index (χ4v) is 3.49. The predicted molar refractivity (Wildman–Crippen MR) is 76.5 cm³/mol. The van der Waals surface area contributed by atoms with Gasteiger partial charge in [-0.25, -0.2) is 8.42 Å². The molecule has 0 saturated carbocycles.